The molecule has 5 heteroatoms. The molecule has 0 N–H and O–H groups in total. The molecule has 0 saturated carbocycles. The van der Waals surface area contributed by atoms with Gasteiger partial charge in [0.1, 0.15) is 0 Å². The van der Waals surface area contributed by atoms with Crippen LogP contribution in [0.25, 0.3) is 16.5 Å². The summed E-state index contributed by atoms with van der Waals surface area (Å²) in [7, 11) is 1.38. The first-order chi connectivity index (χ1) is 14.1. The number of fused-ring (bicyclic) bond motifs is 1. The van der Waals surface area contributed by atoms with Gasteiger partial charge in [0, 0.05) is 52.0 Å². The van der Waals surface area contributed by atoms with Crippen molar-refractivity contribution in [3.05, 3.63) is 89.5 Å². The standard InChI is InChI=1S/C24H21N3O2/c1-16-13-20(15-26-23-6-4-5-19-14-25-12-11-22(19)23)17(2)27(16)21-9-7-18(8-10-21)24(28)29-3/h4-15H,1-3H3. The van der Waals surface area contributed by atoms with Crippen molar-refractivity contribution in [2.75, 3.05) is 7.11 Å². The van der Waals surface area contributed by atoms with Gasteiger partial charge in [0.25, 0.3) is 0 Å². The third-order valence-electron chi connectivity index (χ3n) is 5.02. The summed E-state index contributed by atoms with van der Waals surface area (Å²) in [5.41, 5.74) is 5.66. The van der Waals surface area contributed by atoms with E-state index in [-0.39, 0.29) is 5.97 Å². The lowest BCUT2D eigenvalue weighted by Gasteiger charge is -2.10. The molecule has 0 fully saturated rings. The third-order valence-corrected chi connectivity index (χ3v) is 5.02. The summed E-state index contributed by atoms with van der Waals surface area (Å²) in [6.07, 6.45) is 5.53. The van der Waals surface area contributed by atoms with Gasteiger partial charge in [-0.2, -0.15) is 0 Å². The van der Waals surface area contributed by atoms with E-state index in [1.165, 1.54) is 7.11 Å². The zero-order valence-corrected chi connectivity index (χ0v) is 16.6. The van der Waals surface area contributed by atoms with Gasteiger partial charge in [-0.15, -0.1) is 0 Å². The molecule has 0 unspecified atom stereocenters. The first kappa shape index (κ1) is 18.6. The van der Waals surface area contributed by atoms with Gasteiger partial charge in [-0.1, -0.05) is 12.1 Å². The van der Waals surface area contributed by atoms with Gasteiger partial charge < -0.3 is 9.30 Å². The Labute approximate surface area is 169 Å². The van der Waals surface area contributed by atoms with E-state index >= 15 is 0 Å². The lowest BCUT2D eigenvalue weighted by molar-refractivity contribution is 0.0601. The average Bonchev–Trinajstić information content (AvgIpc) is 3.04. The van der Waals surface area contributed by atoms with Crippen molar-refractivity contribution in [1.29, 1.82) is 0 Å². The normalized spacial score (nSPS) is 11.3. The summed E-state index contributed by atoms with van der Waals surface area (Å²) in [6.45, 7) is 4.12. The number of rotatable bonds is 4. The van der Waals surface area contributed by atoms with Crippen LogP contribution in [-0.4, -0.2) is 28.8 Å². The van der Waals surface area contributed by atoms with Gasteiger partial charge in [-0.3, -0.25) is 9.98 Å². The molecule has 0 aliphatic rings. The van der Waals surface area contributed by atoms with Crippen molar-refractivity contribution in [1.82, 2.24) is 9.55 Å². The van der Waals surface area contributed by atoms with Crippen LogP contribution in [0.15, 0.2) is 72.0 Å². The summed E-state index contributed by atoms with van der Waals surface area (Å²) in [6, 6.07) is 17.5. The Hall–Kier alpha value is -3.73. The van der Waals surface area contributed by atoms with Crippen LogP contribution in [0, 0.1) is 13.8 Å². The number of ether oxygens (including phenoxy) is 1. The Morgan fingerprint density at radius 2 is 1.90 bits per heavy atom. The Morgan fingerprint density at radius 3 is 2.66 bits per heavy atom. The van der Waals surface area contributed by atoms with E-state index in [0.29, 0.717) is 5.56 Å². The second-order valence-corrected chi connectivity index (χ2v) is 6.83. The highest BCUT2D eigenvalue weighted by molar-refractivity contribution is 5.95. The van der Waals surface area contributed by atoms with Crippen molar-refractivity contribution >= 4 is 28.6 Å². The molecule has 0 spiro atoms. The molecule has 0 atom stereocenters. The quantitative estimate of drug-likeness (QED) is 0.360. The molecular formula is C24H21N3O2. The third kappa shape index (κ3) is 3.55. The molecule has 2 aromatic carbocycles. The number of methoxy groups -OCH3 is 1. The first-order valence-corrected chi connectivity index (χ1v) is 9.33. The highest BCUT2D eigenvalue weighted by atomic mass is 16.5. The number of nitrogens with zero attached hydrogens (tertiary/aromatic N) is 3. The fourth-order valence-corrected chi connectivity index (χ4v) is 3.54. The van der Waals surface area contributed by atoms with Crippen LogP contribution in [0.3, 0.4) is 0 Å². The van der Waals surface area contributed by atoms with Crippen molar-refractivity contribution < 1.29 is 9.53 Å². The number of hydrogen-bond donors (Lipinski definition) is 0. The zero-order chi connectivity index (χ0) is 20.4. The molecule has 4 aromatic rings. The fourth-order valence-electron chi connectivity index (χ4n) is 3.54. The number of esters is 1. The van der Waals surface area contributed by atoms with Crippen LogP contribution in [0.4, 0.5) is 5.69 Å². The molecule has 5 nitrogen and oxygen atoms in total. The van der Waals surface area contributed by atoms with Crippen molar-refractivity contribution in [2.45, 2.75) is 13.8 Å². The second kappa shape index (κ2) is 7.72. The molecule has 0 radical (unpaired) electrons. The molecule has 144 valence electrons. The summed E-state index contributed by atoms with van der Waals surface area (Å²) >= 11 is 0. The molecule has 0 aliphatic heterocycles. The number of carbonyl (C=O) groups is 1. The molecule has 4 rings (SSSR count). The number of aromatic nitrogens is 2. The highest BCUT2D eigenvalue weighted by Gasteiger charge is 2.11. The summed E-state index contributed by atoms with van der Waals surface area (Å²) in [5.74, 6) is -0.337. The predicted molar refractivity (Wildman–Crippen MR) is 116 cm³/mol. The van der Waals surface area contributed by atoms with Crippen LogP contribution < -0.4 is 0 Å². The van der Waals surface area contributed by atoms with Crippen LogP contribution in [0.5, 0.6) is 0 Å². The number of pyridine rings is 1. The summed E-state index contributed by atoms with van der Waals surface area (Å²) in [4.78, 5) is 20.6. The minimum atomic E-state index is -0.337. The first-order valence-electron chi connectivity index (χ1n) is 9.33. The maximum absolute atomic E-state index is 11.7. The molecule has 2 heterocycles. The molecule has 0 aliphatic carbocycles. The van der Waals surface area contributed by atoms with Gasteiger partial charge in [-0.25, -0.2) is 4.79 Å². The number of carbonyl (C=O) groups excluding carboxylic acids is 1. The smallest absolute Gasteiger partial charge is 0.337 e. The molecule has 29 heavy (non-hydrogen) atoms. The molecule has 0 amide bonds. The maximum Gasteiger partial charge on any atom is 0.337 e. The van der Waals surface area contributed by atoms with Crippen LogP contribution in [0.1, 0.15) is 27.3 Å². The summed E-state index contributed by atoms with van der Waals surface area (Å²) in [5, 5.41) is 2.14. The molecule has 0 saturated heterocycles. The lowest BCUT2D eigenvalue weighted by atomic mass is 10.1. The molecular weight excluding hydrogens is 362 g/mol. The van der Waals surface area contributed by atoms with Crippen LogP contribution in [0.2, 0.25) is 0 Å². The Morgan fingerprint density at radius 1 is 1.10 bits per heavy atom. The second-order valence-electron chi connectivity index (χ2n) is 6.83. The van der Waals surface area contributed by atoms with E-state index in [1.807, 2.05) is 48.8 Å². The fraction of sp³-hybridized carbons (Fsp3) is 0.125. The molecule has 2 aromatic heterocycles. The van der Waals surface area contributed by atoms with Crippen molar-refractivity contribution in [3.8, 4) is 5.69 Å². The monoisotopic (exact) mass is 383 g/mol. The van der Waals surface area contributed by atoms with Gasteiger partial charge in [-0.05, 0) is 56.3 Å². The highest BCUT2D eigenvalue weighted by Crippen LogP contribution is 2.26. The number of aliphatic imine (C=N–C) groups is 1. The van der Waals surface area contributed by atoms with Crippen LogP contribution in [-0.2, 0) is 4.74 Å². The van der Waals surface area contributed by atoms with Crippen LogP contribution >= 0.6 is 0 Å². The Balaban J connectivity index is 1.68. The van der Waals surface area contributed by atoms with Gasteiger partial charge in [0.2, 0.25) is 0 Å². The van der Waals surface area contributed by atoms with Crippen molar-refractivity contribution in [2.24, 2.45) is 4.99 Å². The Kier molecular flexibility index (Phi) is 4.96. The van der Waals surface area contributed by atoms with E-state index < -0.39 is 0 Å². The molecule has 0 bridgehead atoms. The van der Waals surface area contributed by atoms with Gasteiger partial charge >= 0.3 is 5.97 Å². The van der Waals surface area contributed by atoms with Crippen molar-refractivity contribution in [3.63, 3.8) is 0 Å². The van der Waals surface area contributed by atoms with E-state index in [0.717, 1.165) is 39.1 Å². The minimum absolute atomic E-state index is 0.337. The average molecular weight is 383 g/mol. The largest absolute Gasteiger partial charge is 0.465 e. The maximum atomic E-state index is 11.7. The van der Waals surface area contributed by atoms with E-state index in [4.69, 9.17) is 9.73 Å². The Bertz CT molecular complexity index is 1220. The SMILES string of the molecule is COC(=O)c1ccc(-n2c(C)cc(C=Nc3cccc4cnccc34)c2C)cc1. The number of benzene rings is 2. The lowest BCUT2D eigenvalue weighted by Crippen LogP contribution is -2.03. The predicted octanol–water partition coefficient (Wildman–Crippen LogP) is 5.18. The van der Waals surface area contributed by atoms with Gasteiger partial charge in [0.05, 0.1) is 18.4 Å². The van der Waals surface area contributed by atoms with E-state index in [9.17, 15) is 4.79 Å². The number of hydrogen-bond acceptors (Lipinski definition) is 4. The summed E-state index contributed by atoms with van der Waals surface area (Å²) < 4.78 is 6.92. The number of aryl methyl sites for hydroxylation is 1. The van der Waals surface area contributed by atoms with E-state index in [1.54, 1.807) is 18.3 Å². The van der Waals surface area contributed by atoms with E-state index in [2.05, 4.69) is 29.5 Å². The van der Waals surface area contributed by atoms with Gasteiger partial charge in [0.15, 0.2) is 0 Å². The minimum Gasteiger partial charge on any atom is -0.465 e. The topological polar surface area (TPSA) is 56.5 Å². The zero-order valence-electron chi connectivity index (χ0n) is 16.6.